The number of carbonyl (C=O) groups is 1. The van der Waals surface area contributed by atoms with E-state index in [4.69, 9.17) is 0 Å². The zero-order chi connectivity index (χ0) is 17.1. The Labute approximate surface area is 147 Å². The van der Waals surface area contributed by atoms with Crippen molar-refractivity contribution in [3.8, 4) is 0 Å². The number of aromatic nitrogens is 3. The SMILES string of the molecule is O=C(NCC1(c2ccncc2)CC1)C1CCN(c2ncccn2)CC1. The monoisotopic (exact) mass is 337 g/mol. The molecule has 6 heteroatoms. The van der Waals surface area contributed by atoms with Gasteiger partial charge in [0, 0.05) is 55.8 Å². The lowest BCUT2D eigenvalue weighted by Gasteiger charge is -2.31. The van der Waals surface area contributed by atoms with Gasteiger partial charge in [-0.1, -0.05) is 0 Å². The molecule has 1 aliphatic heterocycles. The first-order chi connectivity index (χ1) is 12.3. The number of rotatable bonds is 5. The van der Waals surface area contributed by atoms with E-state index in [1.165, 1.54) is 5.56 Å². The van der Waals surface area contributed by atoms with Crippen molar-refractivity contribution in [2.24, 2.45) is 5.92 Å². The molecule has 1 amide bonds. The van der Waals surface area contributed by atoms with Crippen LogP contribution >= 0.6 is 0 Å². The second-order valence-corrected chi connectivity index (χ2v) is 7.04. The van der Waals surface area contributed by atoms with Gasteiger partial charge in [0.1, 0.15) is 0 Å². The molecule has 1 saturated heterocycles. The van der Waals surface area contributed by atoms with Crippen molar-refractivity contribution < 1.29 is 4.79 Å². The van der Waals surface area contributed by atoms with Gasteiger partial charge in [-0.15, -0.1) is 0 Å². The molecule has 2 aromatic heterocycles. The Morgan fingerprint density at radius 2 is 1.80 bits per heavy atom. The van der Waals surface area contributed by atoms with Crippen LogP contribution in [0.4, 0.5) is 5.95 Å². The van der Waals surface area contributed by atoms with Crippen LogP contribution in [0.25, 0.3) is 0 Å². The molecule has 0 aromatic carbocycles. The highest BCUT2D eigenvalue weighted by Gasteiger charge is 2.44. The van der Waals surface area contributed by atoms with Crippen molar-refractivity contribution in [3.63, 3.8) is 0 Å². The highest BCUT2D eigenvalue weighted by molar-refractivity contribution is 5.79. The summed E-state index contributed by atoms with van der Waals surface area (Å²) in [6.07, 6.45) is 11.2. The van der Waals surface area contributed by atoms with Gasteiger partial charge in [-0.2, -0.15) is 0 Å². The molecule has 3 heterocycles. The van der Waals surface area contributed by atoms with Gasteiger partial charge in [-0.3, -0.25) is 9.78 Å². The molecule has 130 valence electrons. The molecule has 25 heavy (non-hydrogen) atoms. The summed E-state index contributed by atoms with van der Waals surface area (Å²) in [6, 6.07) is 5.95. The third-order valence-corrected chi connectivity index (χ3v) is 5.45. The Kier molecular flexibility index (Phi) is 4.34. The summed E-state index contributed by atoms with van der Waals surface area (Å²) in [5.41, 5.74) is 1.43. The van der Waals surface area contributed by atoms with Crippen LogP contribution in [-0.2, 0) is 10.2 Å². The van der Waals surface area contributed by atoms with Crippen molar-refractivity contribution >= 4 is 11.9 Å². The zero-order valence-corrected chi connectivity index (χ0v) is 14.3. The average Bonchev–Trinajstić information content (AvgIpc) is 3.49. The number of hydrogen-bond donors (Lipinski definition) is 1. The summed E-state index contributed by atoms with van der Waals surface area (Å²) in [4.78, 5) is 27.4. The van der Waals surface area contributed by atoms with Crippen molar-refractivity contribution in [3.05, 3.63) is 48.5 Å². The molecule has 1 N–H and O–H groups in total. The van der Waals surface area contributed by atoms with Crippen LogP contribution in [-0.4, -0.2) is 40.5 Å². The maximum atomic E-state index is 12.6. The Bertz CT molecular complexity index is 709. The molecule has 2 fully saturated rings. The van der Waals surface area contributed by atoms with Crippen molar-refractivity contribution in [1.29, 1.82) is 0 Å². The predicted octanol–water partition coefficient (Wildman–Crippen LogP) is 1.94. The van der Waals surface area contributed by atoms with E-state index in [1.807, 2.05) is 18.5 Å². The molecular formula is C19H23N5O. The number of amides is 1. The maximum Gasteiger partial charge on any atom is 0.225 e. The van der Waals surface area contributed by atoms with Gasteiger partial charge in [0.2, 0.25) is 11.9 Å². The highest BCUT2D eigenvalue weighted by Crippen LogP contribution is 2.47. The molecule has 0 unspecified atom stereocenters. The van der Waals surface area contributed by atoms with Crippen molar-refractivity contribution in [2.75, 3.05) is 24.5 Å². The van der Waals surface area contributed by atoms with Gasteiger partial charge in [0.15, 0.2) is 0 Å². The minimum absolute atomic E-state index is 0.0909. The molecule has 0 radical (unpaired) electrons. The molecule has 0 spiro atoms. The fourth-order valence-corrected chi connectivity index (χ4v) is 3.62. The quantitative estimate of drug-likeness (QED) is 0.903. The summed E-state index contributed by atoms with van der Waals surface area (Å²) in [5.74, 6) is 1.04. The summed E-state index contributed by atoms with van der Waals surface area (Å²) in [6.45, 7) is 2.40. The van der Waals surface area contributed by atoms with Crippen LogP contribution in [0.15, 0.2) is 43.0 Å². The van der Waals surface area contributed by atoms with Gasteiger partial charge in [-0.25, -0.2) is 9.97 Å². The molecule has 2 aromatic rings. The topological polar surface area (TPSA) is 71.0 Å². The summed E-state index contributed by atoms with van der Waals surface area (Å²) >= 11 is 0. The van der Waals surface area contributed by atoms with E-state index in [0.29, 0.717) is 0 Å². The lowest BCUT2D eigenvalue weighted by Crippen LogP contribution is -2.43. The molecule has 0 bridgehead atoms. The predicted molar refractivity (Wildman–Crippen MR) is 95.1 cm³/mol. The largest absolute Gasteiger partial charge is 0.355 e. The lowest BCUT2D eigenvalue weighted by atomic mass is 9.94. The summed E-state index contributed by atoms with van der Waals surface area (Å²) in [5, 5.41) is 3.20. The summed E-state index contributed by atoms with van der Waals surface area (Å²) in [7, 11) is 0. The van der Waals surface area contributed by atoms with Crippen molar-refractivity contribution in [2.45, 2.75) is 31.1 Å². The van der Waals surface area contributed by atoms with Gasteiger partial charge in [0.05, 0.1) is 0 Å². The fraction of sp³-hybridized carbons (Fsp3) is 0.474. The number of carbonyl (C=O) groups excluding carboxylic acids is 1. The molecule has 2 aliphatic rings. The zero-order valence-electron chi connectivity index (χ0n) is 14.3. The van der Waals surface area contributed by atoms with E-state index in [1.54, 1.807) is 12.4 Å². The Hall–Kier alpha value is -2.50. The number of anilines is 1. The van der Waals surface area contributed by atoms with E-state index in [2.05, 4.69) is 37.3 Å². The number of pyridine rings is 1. The summed E-state index contributed by atoms with van der Waals surface area (Å²) < 4.78 is 0. The van der Waals surface area contributed by atoms with E-state index < -0.39 is 0 Å². The van der Waals surface area contributed by atoms with Crippen LogP contribution in [0.3, 0.4) is 0 Å². The molecular weight excluding hydrogens is 314 g/mol. The first kappa shape index (κ1) is 16.0. The van der Waals surface area contributed by atoms with Crippen molar-refractivity contribution in [1.82, 2.24) is 20.3 Å². The van der Waals surface area contributed by atoms with Gasteiger partial charge in [0.25, 0.3) is 0 Å². The minimum Gasteiger partial charge on any atom is -0.355 e. The van der Waals surface area contributed by atoms with Crippen LogP contribution in [0.5, 0.6) is 0 Å². The molecule has 1 aliphatic carbocycles. The fourth-order valence-electron chi connectivity index (χ4n) is 3.62. The first-order valence-corrected chi connectivity index (χ1v) is 8.97. The third-order valence-electron chi connectivity index (χ3n) is 5.45. The third kappa shape index (κ3) is 3.48. The van der Waals surface area contributed by atoms with E-state index >= 15 is 0 Å². The number of nitrogens with zero attached hydrogens (tertiary/aromatic N) is 4. The standard InChI is InChI=1S/C19H23N5O/c25-17(23-14-19(6-7-19)16-2-10-20-11-3-16)15-4-12-24(13-5-15)18-21-8-1-9-22-18/h1-3,8-11,15H,4-7,12-14H2,(H,23,25). The van der Waals surface area contributed by atoms with E-state index in [9.17, 15) is 4.79 Å². The second kappa shape index (κ2) is 6.78. The van der Waals surface area contributed by atoms with Crippen LogP contribution in [0.2, 0.25) is 0 Å². The maximum absolute atomic E-state index is 12.6. The van der Waals surface area contributed by atoms with Gasteiger partial charge >= 0.3 is 0 Å². The van der Waals surface area contributed by atoms with Crippen LogP contribution in [0, 0.1) is 5.92 Å². The Balaban J connectivity index is 1.29. The minimum atomic E-state index is 0.0909. The Morgan fingerprint density at radius 3 is 2.44 bits per heavy atom. The average molecular weight is 337 g/mol. The van der Waals surface area contributed by atoms with Gasteiger partial charge < -0.3 is 10.2 Å². The molecule has 0 atom stereocenters. The van der Waals surface area contributed by atoms with Crippen LogP contribution in [0.1, 0.15) is 31.2 Å². The number of hydrogen-bond acceptors (Lipinski definition) is 5. The second-order valence-electron chi connectivity index (χ2n) is 7.04. The number of piperidine rings is 1. The number of nitrogens with one attached hydrogen (secondary N) is 1. The van der Waals surface area contributed by atoms with Gasteiger partial charge in [-0.05, 0) is 49.4 Å². The molecule has 6 nitrogen and oxygen atoms in total. The smallest absolute Gasteiger partial charge is 0.225 e. The molecule has 4 rings (SSSR count). The lowest BCUT2D eigenvalue weighted by molar-refractivity contribution is -0.125. The molecule has 1 saturated carbocycles. The first-order valence-electron chi connectivity index (χ1n) is 8.97. The van der Waals surface area contributed by atoms with E-state index in [0.717, 1.165) is 51.3 Å². The normalized spacial score (nSPS) is 19.4. The van der Waals surface area contributed by atoms with E-state index in [-0.39, 0.29) is 17.2 Å². The highest BCUT2D eigenvalue weighted by atomic mass is 16.1. The Morgan fingerprint density at radius 1 is 1.12 bits per heavy atom. The van der Waals surface area contributed by atoms with Crippen LogP contribution < -0.4 is 10.2 Å².